The Balaban J connectivity index is 0.000000590. The van der Waals surface area contributed by atoms with Gasteiger partial charge in [0.1, 0.15) is 12.4 Å². The molecule has 0 aromatic heterocycles. The average Bonchev–Trinajstić information content (AvgIpc) is 2.64. The van der Waals surface area contributed by atoms with E-state index in [-0.39, 0.29) is 47.8 Å². The second kappa shape index (κ2) is 16.3. The first-order valence-corrected chi connectivity index (χ1v) is 9.57. The molecule has 0 aliphatic heterocycles. The molecule has 0 heterocycles. The summed E-state index contributed by atoms with van der Waals surface area (Å²) in [5.74, 6) is 4.19. The fraction of sp³-hybridized carbons (Fsp3) is 0.235. The smallest absolute Gasteiger partial charge is 0.177 e. The summed E-state index contributed by atoms with van der Waals surface area (Å²) < 4.78 is 12.6. The topological polar surface area (TPSA) is 91.0 Å². The summed E-state index contributed by atoms with van der Waals surface area (Å²) in [6.07, 6.45) is 12.1. The normalized spacial score (nSPS) is 10.5. The number of oxime groups is 1. The van der Waals surface area contributed by atoms with Gasteiger partial charge in [0.2, 0.25) is 0 Å². The van der Waals surface area contributed by atoms with E-state index in [1.165, 1.54) is 18.3 Å². The Bertz CT molecular complexity index is 667. The number of ketones is 2. The molecule has 0 saturated carbocycles. The first-order chi connectivity index (χ1) is 12.5. The molecule has 26 heavy (non-hydrogen) atoms. The van der Waals surface area contributed by atoms with Crippen molar-refractivity contribution in [2.45, 2.75) is 0 Å². The molecule has 138 valence electrons. The van der Waals surface area contributed by atoms with Gasteiger partial charge in [-0.2, -0.15) is 0 Å². The zero-order valence-electron chi connectivity index (χ0n) is 13.9. The number of carbonyl (C=O) groups is 2. The largest absolute Gasteiger partial charge is 0.388 e. The van der Waals surface area contributed by atoms with Crippen molar-refractivity contribution >= 4 is 34.9 Å². The molecule has 1 aromatic rings. The van der Waals surface area contributed by atoms with Crippen molar-refractivity contribution in [2.24, 2.45) is 11.1 Å². The van der Waals surface area contributed by atoms with E-state index in [2.05, 4.69) is 27.2 Å². The van der Waals surface area contributed by atoms with Crippen LogP contribution in [0.5, 0.6) is 0 Å². The number of hydrogen-bond donors (Lipinski definition) is 1. The zero-order valence-corrected chi connectivity index (χ0v) is 15.9. The van der Waals surface area contributed by atoms with Crippen molar-refractivity contribution in [3.8, 4) is 24.2 Å². The quantitative estimate of drug-likeness (QED) is 0.282. The van der Waals surface area contributed by atoms with Gasteiger partial charge in [-0.3, -0.25) is 14.4 Å². The number of nitrogens with two attached hydrogens (primary N) is 1. The van der Waals surface area contributed by atoms with Gasteiger partial charge >= 0.3 is 0 Å². The Morgan fingerprint density at radius 3 is 2.15 bits per heavy atom. The second-order valence-electron chi connectivity index (χ2n) is 4.44. The monoisotopic (exact) mass is 395 g/mol. The molecule has 0 aliphatic rings. The summed E-state index contributed by atoms with van der Waals surface area (Å²) in [6.45, 7) is -0.124. The molecule has 2 unspecified atom stereocenters. The van der Waals surface area contributed by atoms with Gasteiger partial charge < -0.3 is 4.84 Å². The van der Waals surface area contributed by atoms with E-state index in [1.807, 2.05) is 0 Å². The molecule has 0 fully saturated rings. The lowest BCUT2D eigenvalue weighted by Gasteiger charge is -1.97. The summed E-state index contributed by atoms with van der Waals surface area (Å²) >= 11 is 0. The third-order valence-electron chi connectivity index (χ3n) is 2.39. The standard InChI is InChI=1S/C12H11FNO2P.C5H8NO2P/c1-2-17-9-12(15)8-16-14-7-10-3-5-11(13)6-4-10;1-2-9-4-5(7)3-8-6/h1,3-7,17H,8-9H2;1,9H,3-4,6H2/b14-7+;/i13-1;. The Labute approximate surface area is 155 Å². The molecule has 0 saturated heterocycles. The van der Waals surface area contributed by atoms with Crippen LogP contribution in [0.15, 0.2) is 29.4 Å². The average molecular weight is 395 g/mol. The SMILES string of the molecule is C#CPCC(=O)CO/N=C/c1ccc([18F])cc1.C#CPCC(=O)CON. The number of benzene rings is 1. The lowest BCUT2D eigenvalue weighted by Crippen LogP contribution is -2.13. The van der Waals surface area contributed by atoms with Gasteiger partial charge in [-0.05, 0) is 34.9 Å². The van der Waals surface area contributed by atoms with Crippen molar-refractivity contribution in [1.82, 2.24) is 0 Å². The minimum Gasteiger partial charge on any atom is -0.388 e. The van der Waals surface area contributed by atoms with Gasteiger partial charge in [-0.25, -0.2) is 10.3 Å². The number of hydrogen-bond acceptors (Lipinski definition) is 6. The van der Waals surface area contributed by atoms with Gasteiger partial charge in [-0.1, -0.05) is 28.6 Å². The van der Waals surface area contributed by atoms with Crippen LogP contribution in [0.3, 0.4) is 0 Å². The first-order valence-electron chi connectivity index (χ1n) is 7.16. The Hall–Kier alpha value is -2.14. The van der Waals surface area contributed by atoms with Gasteiger partial charge in [0, 0.05) is 12.3 Å². The highest BCUT2D eigenvalue weighted by atomic mass is 31.1. The third-order valence-corrected chi connectivity index (χ3v) is 3.94. The maximum atomic E-state index is 12.6. The van der Waals surface area contributed by atoms with Crippen molar-refractivity contribution in [2.75, 3.05) is 25.5 Å². The van der Waals surface area contributed by atoms with Crippen LogP contribution in [0.25, 0.3) is 0 Å². The van der Waals surface area contributed by atoms with Gasteiger partial charge in [0.05, 0.1) is 6.21 Å². The van der Waals surface area contributed by atoms with E-state index in [0.29, 0.717) is 17.9 Å². The minimum absolute atomic E-state index is 0.0331. The molecule has 6 nitrogen and oxygen atoms in total. The van der Waals surface area contributed by atoms with E-state index in [0.717, 1.165) is 0 Å². The molecule has 0 amide bonds. The third kappa shape index (κ3) is 14.2. The fourth-order valence-corrected chi connectivity index (χ4v) is 2.05. The number of rotatable bonds is 10. The highest BCUT2D eigenvalue weighted by Crippen LogP contribution is 2.05. The molecule has 0 bridgehead atoms. The number of terminal acetylenes is 2. The Morgan fingerprint density at radius 1 is 1.12 bits per heavy atom. The van der Waals surface area contributed by atoms with Crippen LogP contribution in [0.1, 0.15) is 5.56 Å². The molecule has 0 spiro atoms. The van der Waals surface area contributed by atoms with E-state index in [9.17, 15) is 14.0 Å². The van der Waals surface area contributed by atoms with E-state index < -0.39 is 0 Å². The van der Waals surface area contributed by atoms with Crippen molar-refractivity contribution in [3.63, 3.8) is 0 Å². The summed E-state index contributed by atoms with van der Waals surface area (Å²) in [7, 11) is 0.431. The molecular weight excluding hydrogens is 376 g/mol. The Kier molecular flexibility index (Phi) is 15.0. The van der Waals surface area contributed by atoms with Crippen LogP contribution in [0.4, 0.5) is 4.39 Å². The van der Waals surface area contributed by atoms with Gasteiger partial charge in [0.25, 0.3) is 0 Å². The van der Waals surface area contributed by atoms with Crippen molar-refractivity contribution in [1.29, 1.82) is 0 Å². The predicted octanol–water partition coefficient (Wildman–Crippen LogP) is 1.73. The first kappa shape index (κ1) is 23.9. The Morgan fingerprint density at radius 2 is 1.65 bits per heavy atom. The molecule has 1 rings (SSSR count). The molecular formula is C17H19FN2O4P2. The maximum absolute atomic E-state index is 12.6. The minimum atomic E-state index is -0.312. The van der Waals surface area contributed by atoms with Crippen LogP contribution in [-0.2, 0) is 19.3 Å². The zero-order chi connectivity index (χ0) is 19.6. The van der Waals surface area contributed by atoms with Crippen LogP contribution in [-0.4, -0.2) is 43.3 Å². The summed E-state index contributed by atoms with van der Waals surface area (Å²) in [5.41, 5.74) is 5.46. The van der Waals surface area contributed by atoms with E-state index >= 15 is 0 Å². The van der Waals surface area contributed by atoms with Crippen molar-refractivity contribution < 1.29 is 23.7 Å². The van der Waals surface area contributed by atoms with Crippen LogP contribution < -0.4 is 5.90 Å². The lowest BCUT2D eigenvalue weighted by molar-refractivity contribution is -0.121. The number of nitrogens with zero attached hydrogens (tertiary/aromatic N) is 1. The van der Waals surface area contributed by atoms with Crippen molar-refractivity contribution in [3.05, 3.63) is 35.6 Å². The summed E-state index contributed by atoms with van der Waals surface area (Å²) in [6, 6.07) is 5.76. The summed E-state index contributed by atoms with van der Waals surface area (Å²) in [5, 5.41) is 3.60. The maximum Gasteiger partial charge on any atom is 0.177 e. The molecule has 0 radical (unpaired) electrons. The van der Waals surface area contributed by atoms with Gasteiger partial charge in [-0.15, -0.1) is 12.8 Å². The second-order valence-corrected chi connectivity index (χ2v) is 6.44. The molecule has 2 atom stereocenters. The van der Waals surface area contributed by atoms with E-state index in [4.69, 9.17) is 17.7 Å². The predicted molar refractivity (Wildman–Crippen MR) is 104 cm³/mol. The highest BCUT2D eigenvalue weighted by Gasteiger charge is 2.00. The highest BCUT2D eigenvalue weighted by molar-refractivity contribution is 7.45. The number of carbonyl (C=O) groups excluding carboxylic acids is 2. The fourth-order valence-electron chi connectivity index (χ4n) is 1.25. The summed E-state index contributed by atoms with van der Waals surface area (Å²) in [4.78, 5) is 30.5. The number of halogens is 1. The van der Waals surface area contributed by atoms with Crippen LogP contribution in [0.2, 0.25) is 0 Å². The van der Waals surface area contributed by atoms with Crippen LogP contribution >= 0.6 is 17.2 Å². The molecule has 2 N–H and O–H groups in total. The van der Waals surface area contributed by atoms with Gasteiger partial charge in [0.15, 0.2) is 18.2 Å². The number of Topliss-reactive ketones (excluding diaryl/α,β-unsaturated/α-hetero) is 2. The molecule has 0 aliphatic carbocycles. The van der Waals surface area contributed by atoms with E-state index in [1.54, 1.807) is 12.1 Å². The van der Waals surface area contributed by atoms with Crippen LogP contribution in [0, 0.1) is 30.0 Å². The molecule has 9 heteroatoms. The lowest BCUT2D eigenvalue weighted by atomic mass is 10.2. The molecule has 1 aromatic carbocycles.